The number of hydrogen-bond acceptors (Lipinski definition) is 0. The number of halogens is 5. The van der Waals surface area contributed by atoms with Crippen molar-refractivity contribution in [2.24, 2.45) is 0 Å². The van der Waals surface area contributed by atoms with Gasteiger partial charge in [-0.15, -0.1) is 0 Å². The van der Waals surface area contributed by atoms with E-state index >= 15 is 0 Å². The van der Waals surface area contributed by atoms with Gasteiger partial charge < -0.3 is 0 Å². The molecule has 18 heavy (non-hydrogen) atoms. The van der Waals surface area contributed by atoms with Crippen LogP contribution >= 0.6 is 39.1 Å². The summed E-state index contributed by atoms with van der Waals surface area (Å²) in [5, 5.41) is 0.927. The van der Waals surface area contributed by atoms with E-state index in [4.69, 9.17) is 23.2 Å². The van der Waals surface area contributed by atoms with Crippen LogP contribution in [0, 0.1) is 11.6 Å². The van der Waals surface area contributed by atoms with E-state index in [1.807, 2.05) is 0 Å². The molecule has 94 valence electrons. The molecule has 0 aromatic heterocycles. The van der Waals surface area contributed by atoms with Crippen LogP contribution in [0.1, 0.15) is 16.0 Å². The Hall–Kier alpha value is -0.640. The van der Waals surface area contributed by atoms with Crippen LogP contribution < -0.4 is 0 Å². The monoisotopic (exact) mass is 350 g/mol. The molecule has 0 aliphatic carbocycles. The lowest BCUT2D eigenvalue weighted by Crippen LogP contribution is -1.98. The zero-order valence-electron chi connectivity index (χ0n) is 8.93. The van der Waals surface area contributed by atoms with Gasteiger partial charge in [0.1, 0.15) is 11.6 Å². The molecular weight excluding hydrogens is 345 g/mol. The molecule has 0 saturated heterocycles. The molecule has 2 rings (SSSR count). The summed E-state index contributed by atoms with van der Waals surface area (Å²) in [6.45, 7) is 0. The first-order valence-electron chi connectivity index (χ1n) is 5.03. The third kappa shape index (κ3) is 2.85. The van der Waals surface area contributed by atoms with Crippen LogP contribution in [0.4, 0.5) is 8.78 Å². The van der Waals surface area contributed by atoms with E-state index in [0.717, 1.165) is 6.07 Å². The highest BCUT2D eigenvalue weighted by Crippen LogP contribution is 2.37. The van der Waals surface area contributed by atoms with Crippen LogP contribution in [0.2, 0.25) is 10.0 Å². The second kappa shape index (κ2) is 5.55. The minimum Gasteiger partial charge on any atom is -0.207 e. The fourth-order valence-electron chi connectivity index (χ4n) is 1.58. The fraction of sp³-hybridized carbons (Fsp3) is 0.0769. The highest BCUT2D eigenvalue weighted by Gasteiger charge is 2.18. The Morgan fingerprint density at radius 3 is 2.22 bits per heavy atom. The van der Waals surface area contributed by atoms with E-state index in [1.165, 1.54) is 12.1 Å². The van der Waals surface area contributed by atoms with Gasteiger partial charge in [0.2, 0.25) is 0 Å². The molecule has 0 aliphatic rings. The molecule has 0 N–H and O–H groups in total. The van der Waals surface area contributed by atoms with Crippen molar-refractivity contribution in [2.75, 3.05) is 0 Å². The van der Waals surface area contributed by atoms with Gasteiger partial charge >= 0.3 is 0 Å². The van der Waals surface area contributed by atoms with Gasteiger partial charge in [-0.05, 0) is 23.8 Å². The molecule has 0 saturated carbocycles. The van der Waals surface area contributed by atoms with Crippen molar-refractivity contribution in [1.29, 1.82) is 0 Å². The van der Waals surface area contributed by atoms with Crippen LogP contribution in [0.25, 0.3) is 0 Å². The summed E-state index contributed by atoms with van der Waals surface area (Å²) in [5.41, 5.74) is 0.993. The lowest BCUT2D eigenvalue weighted by Gasteiger charge is -2.13. The molecule has 1 unspecified atom stereocenters. The molecule has 1 atom stereocenters. The number of rotatable bonds is 2. The second-order valence-electron chi connectivity index (χ2n) is 3.69. The van der Waals surface area contributed by atoms with Gasteiger partial charge in [-0.2, -0.15) is 0 Å². The molecule has 0 aliphatic heterocycles. The zero-order valence-corrected chi connectivity index (χ0v) is 12.0. The quantitative estimate of drug-likeness (QED) is 0.604. The molecular formula is C13H7BrCl2F2. The van der Waals surface area contributed by atoms with E-state index in [1.54, 1.807) is 18.2 Å². The first-order chi connectivity index (χ1) is 8.49. The summed E-state index contributed by atoms with van der Waals surface area (Å²) >= 11 is 15.2. The highest BCUT2D eigenvalue weighted by atomic mass is 79.9. The van der Waals surface area contributed by atoms with Crippen molar-refractivity contribution >= 4 is 39.1 Å². The van der Waals surface area contributed by atoms with Gasteiger partial charge in [0.25, 0.3) is 0 Å². The van der Waals surface area contributed by atoms with Crippen molar-refractivity contribution in [3.8, 4) is 0 Å². The molecule has 0 bridgehead atoms. The summed E-state index contributed by atoms with van der Waals surface area (Å²) < 4.78 is 26.5. The fourth-order valence-corrected chi connectivity index (χ4v) is 3.00. The zero-order chi connectivity index (χ0) is 13.3. The number of benzene rings is 2. The Morgan fingerprint density at radius 2 is 1.61 bits per heavy atom. The van der Waals surface area contributed by atoms with Crippen LogP contribution in [0.5, 0.6) is 0 Å². The van der Waals surface area contributed by atoms with Gasteiger partial charge in [-0.1, -0.05) is 51.3 Å². The Labute approximate surface area is 122 Å². The Bertz CT molecular complexity index is 536. The summed E-state index contributed by atoms with van der Waals surface area (Å²) in [4.78, 5) is -0.456. The van der Waals surface area contributed by atoms with Crippen molar-refractivity contribution in [2.45, 2.75) is 4.83 Å². The van der Waals surface area contributed by atoms with Crippen molar-refractivity contribution in [1.82, 2.24) is 0 Å². The third-order valence-corrected chi connectivity index (χ3v) is 4.02. The van der Waals surface area contributed by atoms with E-state index in [-0.39, 0.29) is 0 Å². The first-order valence-corrected chi connectivity index (χ1v) is 6.70. The average Bonchev–Trinajstić information content (AvgIpc) is 2.28. The largest absolute Gasteiger partial charge is 0.207 e. The first kappa shape index (κ1) is 13.8. The minimum atomic E-state index is -0.622. The summed E-state index contributed by atoms with van der Waals surface area (Å²) in [6, 6.07) is 8.37. The Kier molecular flexibility index (Phi) is 4.25. The molecule has 5 heteroatoms. The smallest absolute Gasteiger partial charge is 0.130 e. The van der Waals surface area contributed by atoms with Gasteiger partial charge in [0.05, 0.1) is 4.83 Å². The van der Waals surface area contributed by atoms with Crippen molar-refractivity contribution in [3.63, 3.8) is 0 Å². The molecule has 2 aromatic carbocycles. The van der Waals surface area contributed by atoms with Crippen molar-refractivity contribution in [3.05, 3.63) is 69.2 Å². The molecule has 0 radical (unpaired) electrons. The van der Waals surface area contributed by atoms with E-state index in [9.17, 15) is 8.78 Å². The van der Waals surface area contributed by atoms with Crippen LogP contribution in [-0.4, -0.2) is 0 Å². The SMILES string of the molecule is Fc1ccc(C(Br)c2ccc(Cl)cc2Cl)c(F)c1. The van der Waals surface area contributed by atoms with E-state index < -0.39 is 16.5 Å². The molecule has 0 nitrogen and oxygen atoms in total. The van der Waals surface area contributed by atoms with Crippen molar-refractivity contribution < 1.29 is 8.78 Å². The highest BCUT2D eigenvalue weighted by molar-refractivity contribution is 9.09. The van der Waals surface area contributed by atoms with Gasteiger partial charge in [0.15, 0.2) is 0 Å². The van der Waals surface area contributed by atoms with E-state index in [2.05, 4.69) is 15.9 Å². The van der Waals surface area contributed by atoms with Gasteiger partial charge in [0, 0.05) is 21.7 Å². The Morgan fingerprint density at radius 1 is 0.944 bits per heavy atom. The maximum absolute atomic E-state index is 13.7. The third-order valence-electron chi connectivity index (χ3n) is 2.47. The topological polar surface area (TPSA) is 0 Å². The maximum Gasteiger partial charge on any atom is 0.130 e. The average molecular weight is 352 g/mol. The lowest BCUT2D eigenvalue weighted by atomic mass is 10.0. The van der Waals surface area contributed by atoms with E-state index in [0.29, 0.717) is 21.2 Å². The second-order valence-corrected chi connectivity index (χ2v) is 5.45. The molecule has 0 amide bonds. The predicted molar refractivity (Wildman–Crippen MR) is 73.6 cm³/mol. The number of hydrogen-bond donors (Lipinski definition) is 0. The molecule has 2 aromatic rings. The van der Waals surface area contributed by atoms with Crippen LogP contribution in [-0.2, 0) is 0 Å². The molecule has 0 fully saturated rings. The standard InChI is InChI=1S/C13H7BrCl2F2/c14-13(9-3-1-7(15)5-11(9)16)10-4-2-8(17)6-12(10)18/h1-6,13H. The molecule has 0 heterocycles. The lowest BCUT2D eigenvalue weighted by molar-refractivity contribution is 0.574. The summed E-state index contributed by atoms with van der Waals surface area (Å²) in [7, 11) is 0. The Balaban J connectivity index is 2.44. The van der Waals surface area contributed by atoms with Crippen LogP contribution in [0.3, 0.4) is 0 Å². The predicted octanol–water partition coefficient (Wildman–Crippen LogP) is 5.76. The van der Waals surface area contributed by atoms with Gasteiger partial charge in [-0.25, -0.2) is 8.78 Å². The summed E-state index contributed by atoms with van der Waals surface area (Å²) in [5.74, 6) is -1.24. The van der Waals surface area contributed by atoms with Gasteiger partial charge in [-0.3, -0.25) is 0 Å². The normalized spacial score (nSPS) is 12.5. The molecule has 0 spiro atoms. The maximum atomic E-state index is 13.7. The minimum absolute atomic E-state index is 0.320. The summed E-state index contributed by atoms with van der Waals surface area (Å²) in [6.07, 6.45) is 0. The van der Waals surface area contributed by atoms with Crippen LogP contribution in [0.15, 0.2) is 36.4 Å². The number of alkyl halides is 1.